The molecule has 0 spiro atoms. The Hall–Kier alpha value is -1.29. The van der Waals surface area contributed by atoms with Crippen molar-refractivity contribution in [3.05, 3.63) is 24.0 Å². The van der Waals surface area contributed by atoms with Gasteiger partial charge in [0.1, 0.15) is 5.82 Å². The van der Waals surface area contributed by atoms with Crippen molar-refractivity contribution in [2.75, 3.05) is 30.8 Å². The van der Waals surface area contributed by atoms with Crippen molar-refractivity contribution in [3.8, 4) is 0 Å². The number of hydrogen-bond acceptors (Lipinski definition) is 3. The topological polar surface area (TPSA) is 38.5 Å². The van der Waals surface area contributed by atoms with Crippen LogP contribution >= 0.6 is 0 Å². The number of rotatable bonds is 2. The van der Waals surface area contributed by atoms with E-state index in [1.165, 1.54) is 6.07 Å². The highest BCUT2D eigenvalue weighted by Crippen LogP contribution is 2.31. The average Bonchev–Trinajstić information content (AvgIpc) is 2.14. The summed E-state index contributed by atoms with van der Waals surface area (Å²) in [5, 5.41) is 0. The van der Waals surface area contributed by atoms with E-state index < -0.39 is 0 Å². The molecule has 0 unspecified atom stereocenters. The molecule has 1 fully saturated rings. The lowest BCUT2D eigenvalue weighted by Gasteiger charge is -2.48. The number of halogens is 1. The molecule has 0 atom stereocenters. The second kappa shape index (κ2) is 3.38. The van der Waals surface area contributed by atoms with Crippen LogP contribution in [0.25, 0.3) is 0 Å². The highest BCUT2D eigenvalue weighted by atomic mass is 19.1. The zero-order valence-corrected chi connectivity index (χ0v) is 8.96. The third-order valence-electron chi connectivity index (χ3n) is 2.86. The van der Waals surface area contributed by atoms with Crippen LogP contribution in [0.5, 0.6) is 0 Å². The summed E-state index contributed by atoms with van der Waals surface area (Å²) in [6.45, 7) is 3.44. The monoisotopic (exact) mass is 210 g/mol. The Morgan fingerprint density at radius 3 is 2.67 bits per heavy atom. The summed E-state index contributed by atoms with van der Waals surface area (Å²) in [5.74, 6) is -0.270. The molecule has 2 N–H and O–H groups in total. The molecule has 0 bridgehead atoms. The van der Waals surface area contributed by atoms with Crippen molar-refractivity contribution in [2.24, 2.45) is 0 Å². The maximum absolute atomic E-state index is 13.5. The molecule has 4 heteroatoms. The fraction of sp³-hybridized carbons (Fsp3) is 0.455. The molecule has 0 radical (unpaired) electrons. The van der Waals surface area contributed by atoms with E-state index in [-0.39, 0.29) is 11.4 Å². The van der Waals surface area contributed by atoms with Gasteiger partial charge in [-0.05, 0) is 25.1 Å². The van der Waals surface area contributed by atoms with Gasteiger partial charge in [0.15, 0.2) is 0 Å². The predicted octanol–water partition coefficient (Wildman–Crippen LogP) is 1.63. The summed E-state index contributed by atoms with van der Waals surface area (Å²) >= 11 is 0. The highest BCUT2D eigenvalue weighted by Gasteiger charge is 2.39. The molecule has 0 aliphatic carbocycles. The molecule has 15 heavy (non-hydrogen) atoms. The fourth-order valence-corrected chi connectivity index (χ4v) is 1.84. The molecule has 0 aromatic heterocycles. The number of hydrogen-bond donors (Lipinski definition) is 1. The van der Waals surface area contributed by atoms with Gasteiger partial charge in [0.25, 0.3) is 0 Å². The van der Waals surface area contributed by atoms with Crippen LogP contribution in [0.15, 0.2) is 18.2 Å². The Kier molecular flexibility index (Phi) is 2.31. The Morgan fingerprint density at radius 1 is 1.47 bits per heavy atom. The zero-order chi connectivity index (χ0) is 11.1. The number of nitrogen functional groups attached to an aromatic ring is 1. The van der Waals surface area contributed by atoms with Gasteiger partial charge >= 0.3 is 0 Å². The minimum atomic E-state index is -0.270. The van der Waals surface area contributed by atoms with Crippen LogP contribution in [-0.2, 0) is 4.74 Å². The molecule has 2 rings (SSSR count). The van der Waals surface area contributed by atoms with E-state index >= 15 is 0 Å². The first-order chi connectivity index (χ1) is 7.04. The van der Waals surface area contributed by atoms with Gasteiger partial charge in [-0.1, -0.05) is 0 Å². The number of methoxy groups -OCH3 is 1. The molecule has 0 saturated carbocycles. The van der Waals surface area contributed by atoms with Crippen molar-refractivity contribution in [2.45, 2.75) is 12.5 Å². The lowest BCUT2D eigenvalue weighted by molar-refractivity contribution is -0.0170. The lowest BCUT2D eigenvalue weighted by atomic mass is 9.95. The van der Waals surface area contributed by atoms with Crippen LogP contribution in [-0.4, -0.2) is 25.8 Å². The van der Waals surface area contributed by atoms with Crippen molar-refractivity contribution < 1.29 is 9.13 Å². The number of benzene rings is 1. The van der Waals surface area contributed by atoms with Crippen molar-refractivity contribution >= 4 is 11.4 Å². The highest BCUT2D eigenvalue weighted by molar-refractivity contribution is 5.56. The summed E-state index contributed by atoms with van der Waals surface area (Å²) < 4.78 is 18.8. The third kappa shape index (κ3) is 1.77. The molecule has 82 valence electrons. The first-order valence-electron chi connectivity index (χ1n) is 4.89. The molecule has 1 aromatic carbocycles. The van der Waals surface area contributed by atoms with Crippen LogP contribution in [0.1, 0.15) is 6.92 Å². The summed E-state index contributed by atoms with van der Waals surface area (Å²) in [4.78, 5) is 1.94. The van der Waals surface area contributed by atoms with E-state index in [2.05, 4.69) is 0 Å². The van der Waals surface area contributed by atoms with Crippen molar-refractivity contribution in [1.29, 1.82) is 0 Å². The molecule has 1 heterocycles. The Morgan fingerprint density at radius 2 is 2.13 bits per heavy atom. The Bertz CT molecular complexity index is 375. The van der Waals surface area contributed by atoms with Crippen molar-refractivity contribution in [1.82, 2.24) is 0 Å². The fourth-order valence-electron chi connectivity index (χ4n) is 1.84. The maximum Gasteiger partial charge on any atom is 0.148 e. The molecule has 1 aliphatic heterocycles. The van der Waals surface area contributed by atoms with E-state index in [0.717, 1.165) is 0 Å². The Balaban J connectivity index is 2.13. The minimum Gasteiger partial charge on any atom is -0.399 e. The first-order valence-corrected chi connectivity index (χ1v) is 4.89. The molecular weight excluding hydrogens is 195 g/mol. The van der Waals surface area contributed by atoms with E-state index in [1.54, 1.807) is 19.2 Å². The second-order valence-corrected chi connectivity index (χ2v) is 4.22. The van der Waals surface area contributed by atoms with Crippen LogP contribution in [0.2, 0.25) is 0 Å². The molecular formula is C11H15FN2O. The predicted molar refractivity (Wildman–Crippen MR) is 58.4 cm³/mol. The standard InChI is InChI=1S/C11H15FN2O/c1-11(15-2)6-14(7-11)10-4-3-8(13)5-9(10)12/h3-5H,6-7,13H2,1-2H3. The van der Waals surface area contributed by atoms with Crippen LogP contribution in [0, 0.1) is 5.82 Å². The van der Waals surface area contributed by atoms with E-state index in [0.29, 0.717) is 24.5 Å². The van der Waals surface area contributed by atoms with Gasteiger partial charge in [0.2, 0.25) is 0 Å². The van der Waals surface area contributed by atoms with Crippen LogP contribution in [0.3, 0.4) is 0 Å². The molecule has 1 aromatic rings. The molecule has 1 saturated heterocycles. The Labute approximate surface area is 88.6 Å². The normalized spacial score (nSPS) is 18.7. The molecule has 1 aliphatic rings. The van der Waals surface area contributed by atoms with Gasteiger partial charge in [-0.3, -0.25) is 0 Å². The number of ether oxygens (including phenoxy) is 1. The summed E-state index contributed by atoms with van der Waals surface area (Å²) in [6.07, 6.45) is 0. The first kappa shape index (κ1) is 10.2. The van der Waals surface area contributed by atoms with Gasteiger partial charge in [0, 0.05) is 25.9 Å². The summed E-state index contributed by atoms with van der Waals surface area (Å²) in [6, 6.07) is 4.76. The number of nitrogens with two attached hydrogens (primary N) is 1. The average molecular weight is 210 g/mol. The van der Waals surface area contributed by atoms with Crippen LogP contribution < -0.4 is 10.6 Å². The molecule has 3 nitrogen and oxygen atoms in total. The van der Waals surface area contributed by atoms with E-state index in [9.17, 15) is 4.39 Å². The van der Waals surface area contributed by atoms with Gasteiger partial charge in [-0.2, -0.15) is 0 Å². The van der Waals surface area contributed by atoms with Gasteiger partial charge in [0.05, 0.1) is 11.3 Å². The minimum absolute atomic E-state index is 0.145. The van der Waals surface area contributed by atoms with E-state index in [1.807, 2.05) is 11.8 Å². The SMILES string of the molecule is COC1(C)CN(c2ccc(N)cc2F)C1. The van der Waals surface area contributed by atoms with Crippen molar-refractivity contribution in [3.63, 3.8) is 0 Å². The smallest absolute Gasteiger partial charge is 0.148 e. The van der Waals surface area contributed by atoms with Gasteiger partial charge in [-0.25, -0.2) is 4.39 Å². The molecule has 0 amide bonds. The van der Waals surface area contributed by atoms with Crippen LogP contribution in [0.4, 0.5) is 15.8 Å². The summed E-state index contributed by atoms with van der Waals surface area (Å²) in [7, 11) is 1.68. The third-order valence-corrected chi connectivity index (χ3v) is 2.86. The van der Waals surface area contributed by atoms with E-state index in [4.69, 9.17) is 10.5 Å². The van der Waals surface area contributed by atoms with Gasteiger partial charge in [-0.15, -0.1) is 0 Å². The quantitative estimate of drug-likeness (QED) is 0.754. The maximum atomic E-state index is 13.5. The number of nitrogens with zero attached hydrogens (tertiary/aromatic N) is 1. The summed E-state index contributed by atoms with van der Waals surface area (Å²) in [5.41, 5.74) is 6.38. The largest absolute Gasteiger partial charge is 0.399 e. The second-order valence-electron chi connectivity index (χ2n) is 4.22. The zero-order valence-electron chi connectivity index (χ0n) is 8.96. The lowest BCUT2D eigenvalue weighted by Crippen LogP contribution is -2.61. The van der Waals surface area contributed by atoms with Gasteiger partial charge < -0.3 is 15.4 Å². The number of anilines is 2.